The number of hydrogen-bond acceptors (Lipinski definition) is 4. The maximum absolute atomic E-state index is 13.2. The largest absolute Gasteiger partial charge is 0.368 e. The van der Waals surface area contributed by atoms with Gasteiger partial charge in [-0.15, -0.1) is 0 Å². The number of alkyl halides is 2. The Labute approximate surface area is 127 Å². The van der Waals surface area contributed by atoms with Crippen LogP contribution in [0, 0.1) is 5.92 Å². The van der Waals surface area contributed by atoms with E-state index in [1.807, 2.05) is 0 Å². The van der Waals surface area contributed by atoms with Crippen molar-refractivity contribution in [2.45, 2.75) is 37.7 Å². The van der Waals surface area contributed by atoms with Crippen LogP contribution in [-0.4, -0.2) is 46.4 Å². The van der Waals surface area contributed by atoms with Gasteiger partial charge in [0.1, 0.15) is 6.10 Å². The molecule has 2 aliphatic rings. The molecule has 0 N–H and O–H groups in total. The molecule has 1 atom stereocenters. The van der Waals surface area contributed by atoms with Gasteiger partial charge in [0.25, 0.3) is 0 Å². The van der Waals surface area contributed by atoms with Crippen molar-refractivity contribution in [3.63, 3.8) is 0 Å². The molecular formula is C15H19F2N3O2. The van der Waals surface area contributed by atoms with E-state index in [0.717, 1.165) is 0 Å². The molecule has 1 aromatic rings. The van der Waals surface area contributed by atoms with Crippen LogP contribution in [0.25, 0.3) is 0 Å². The predicted octanol–water partition coefficient (Wildman–Crippen LogP) is 2.20. The summed E-state index contributed by atoms with van der Waals surface area (Å²) in [4.78, 5) is 22.5. The number of carbonyl (C=O) groups excluding carboxylic acids is 1. The summed E-state index contributed by atoms with van der Waals surface area (Å²) in [5.74, 6) is -2.93. The minimum atomic E-state index is -2.61. The van der Waals surface area contributed by atoms with Crippen LogP contribution in [0.15, 0.2) is 18.6 Å². The Balaban J connectivity index is 1.61. The van der Waals surface area contributed by atoms with Crippen LogP contribution < -0.4 is 0 Å². The summed E-state index contributed by atoms with van der Waals surface area (Å²) in [6.07, 6.45) is 4.64. The number of aromatic nitrogens is 2. The molecule has 1 aliphatic heterocycles. The van der Waals surface area contributed by atoms with Gasteiger partial charge in [-0.25, -0.2) is 8.78 Å². The molecule has 3 rings (SSSR count). The normalized spacial score (nSPS) is 25.9. The van der Waals surface area contributed by atoms with E-state index in [0.29, 0.717) is 25.4 Å². The average Bonchev–Trinajstić information content (AvgIpc) is 2.55. The van der Waals surface area contributed by atoms with Crippen molar-refractivity contribution < 1.29 is 18.3 Å². The zero-order valence-corrected chi connectivity index (χ0v) is 12.3. The molecule has 1 saturated heterocycles. The quantitative estimate of drug-likeness (QED) is 0.840. The summed E-state index contributed by atoms with van der Waals surface area (Å²) < 4.78 is 32.1. The molecule has 1 amide bonds. The van der Waals surface area contributed by atoms with E-state index in [1.165, 1.54) is 0 Å². The van der Waals surface area contributed by atoms with Crippen molar-refractivity contribution in [1.82, 2.24) is 14.9 Å². The van der Waals surface area contributed by atoms with Crippen LogP contribution in [0.5, 0.6) is 0 Å². The monoisotopic (exact) mass is 311 g/mol. The average molecular weight is 311 g/mol. The number of morpholine rings is 1. The van der Waals surface area contributed by atoms with Gasteiger partial charge in [0, 0.05) is 37.7 Å². The molecule has 1 aromatic heterocycles. The zero-order valence-electron chi connectivity index (χ0n) is 12.3. The van der Waals surface area contributed by atoms with Crippen LogP contribution in [-0.2, 0) is 9.53 Å². The molecule has 0 bridgehead atoms. The fraction of sp³-hybridized carbons (Fsp3) is 0.667. The summed E-state index contributed by atoms with van der Waals surface area (Å²) in [6.45, 7) is 1.34. The van der Waals surface area contributed by atoms with Crippen LogP contribution >= 0.6 is 0 Å². The van der Waals surface area contributed by atoms with Gasteiger partial charge in [0.2, 0.25) is 11.8 Å². The minimum Gasteiger partial charge on any atom is -0.368 e. The molecular weight excluding hydrogens is 292 g/mol. The summed E-state index contributed by atoms with van der Waals surface area (Å²) >= 11 is 0. The Morgan fingerprint density at radius 2 is 2.09 bits per heavy atom. The van der Waals surface area contributed by atoms with Crippen molar-refractivity contribution in [3.8, 4) is 0 Å². The molecule has 0 spiro atoms. The van der Waals surface area contributed by atoms with Crippen molar-refractivity contribution in [2.75, 3.05) is 19.7 Å². The molecule has 120 valence electrons. The highest BCUT2D eigenvalue weighted by molar-refractivity contribution is 5.79. The molecule has 0 radical (unpaired) electrons. The third-order valence-corrected chi connectivity index (χ3v) is 4.36. The Kier molecular flexibility index (Phi) is 4.33. The molecule has 2 fully saturated rings. The molecule has 1 aliphatic carbocycles. The van der Waals surface area contributed by atoms with Crippen molar-refractivity contribution in [2.24, 2.45) is 5.92 Å². The predicted molar refractivity (Wildman–Crippen MR) is 74.2 cm³/mol. The number of rotatable bonds is 2. The van der Waals surface area contributed by atoms with Crippen LogP contribution in [0.3, 0.4) is 0 Å². The van der Waals surface area contributed by atoms with Gasteiger partial charge in [-0.1, -0.05) is 0 Å². The lowest BCUT2D eigenvalue weighted by Crippen LogP contribution is -2.46. The lowest BCUT2D eigenvalue weighted by atomic mass is 9.85. The van der Waals surface area contributed by atoms with E-state index < -0.39 is 5.92 Å². The Morgan fingerprint density at radius 3 is 2.77 bits per heavy atom. The van der Waals surface area contributed by atoms with E-state index >= 15 is 0 Å². The second-order valence-corrected chi connectivity index (χ2v) is 5.90. The summed E-state index contributed by atoms with van der Waals surface area (Å²) in [6, 6.07) is 0. The first kappa shape index (κ1) is 15.3. The lowest BCUT2D eigenvalue weighted by molar-refractivity contribution is -0.147. The molecule has 7 heteroatoms. The maximum atomic E-state index is 13.2. The van der Waals surface area contributed by atoms with Gasteiger partial charge in [-0.05, 0) is 12.8 Å². The lowest BCUT2D eigenvalue weighted by Gasteiger charge is -2.36. The topological polar surface area (TPSA) is 55.3 Å². The molecule has 22 heavy (non-hydrogen) atoms. The van der Waals surface area contributed by atoms with E-state index in [4.69, 9.17) is 4.74 Å². The Morgan fingerprint density at radius 1 is 1.32 bits per heavy atom. The molecule has 0 aromatic carbocycles. The van der Waals surface area contributed by atoms with Crippen LogP contribution in [0.4, 0.5) is 8.78 Å². The van der Waals surface area contributed by atoms with Gasteiger partial charge in [-0.2, -0.15) is 0 Å². The minimum absolute atomic E-state index is 0.0345. The number of nitrogens with zero attached hydrogens (tertiary/aromatic N) is 3. The summed E-state index contributed by atoms with van der Waals surface area (Å²) in [5.41, 5.74) is 0.690. The smallest absolute Gasteiger partial charge is 0.248 e. The number of ether oxygens (including phenoxy) is 1. The highest BCUT2D eigenvalue weighted by atomic mass is 19.3. The summed E-state index contributed by atoms with van der Waals surface area (Å²) in [7, 11) is 0. The van der Waals surface area contributed by atoms with Gasteiger partial charge in [0.05, 0.1) is 25.0 Å². The van der Waals surface area contributed by atoms with Crippen molar-refractivity contribution in [3.05, 3.63) is 24.3 Å². The highest BCUT2D eigenvalue weighted by Crippen LogP contribution is 2.37. The number of halogens is 2. The van der Waals surface area contributed by atoms with E-state index in [1.54, 1.807) is 23.5 Å². The highest BCUT2D eigenvalue weighted by Gasteiger charge is 2.39. The van der Waals surface area contributed by atoms with Gasteiger partial charge in [0.15, 0.2) is 0 Å². The first-order chi connectivity index (χ1) is 10.6. The second kappa shape index (κ2) is 6.24. The summed E-state index contributed by atoms with van der Waals surface area (Å²) in [5, 5.41) is 0. The fourth-order valence-electron chi connectivity index (χ4n) is 3.05. The van der Waals surface area contributed by atoms with Crippen molar-refractivity contribution >= 4 is 5.91 Å². The first-order valence-electron chi connectivity index (χ1n) is 7.59. The van der Waals surface area contributed by atoms with Crippen molar-refractivity contribution in [1.29, 1.82) is 0 Å². The fourth-order valence-corrected chi connectivity index (χ4v) is 3.05. The second-order valence-electron chi connectivity index (χ2n) is 5.90. The SMILES string of the molecule is O=C(C1CCC(F)(F)CC1)N1CCO[C@@H](c2cnccn2)C1. The van der Waals surface area contributed by atoms with Gasteiger partial charge < -0.3 is 9.64 Å². The molecule has 5 nitrogen and oxygen atoms in total. The third-order valence-electron chi connectivity index (χ3n) is 4.36. The molecule has 2 heterocycles. The van der Waals surface area contributed by atoms with Gasteiger partial charge >= 0.3 is 0 Å². The van der Waals surface area contributed by atoms with Crippen LogP contribution in [0.2, 0.25) is 0 Å². The third kappa shape index (κ3) is 3.40. The zero-order chi connectivity index (χ0) is 15.6. The Hall–Kier alpha value is -1.63. The Bertz CT molecular complexity index is 517. The molecule has 0 unspecified atom stereocenters. The van der Waals surface area contributed by atoms with E-state index in [-0.39, 0.29) is 43.6 Å². The van der Waals surface area contributed by atoms with E-state index in [9.17, 15) is 13.6 Å². The van der Waals surface area contributed by atoms with Crippen LogP contribution in [0.1, 0.15) is 37.5 Å². The molecule has 1 saturated carbocycles. The first-order valence-corrected chi connectivity index (χ1v) is 7.59. The van der Waals surface area contributed by atoms with E-state index in [2.05, 4.69) is 9.97 Å². The maximum Gasteiger partial charge on any atom is 0.248 e. The number of carbonyl (C=O) groups is 1. The number of hydrogen-bond donors (Lipinski definition) is 0. The van der Waals surface area contributed by atoms with Gasteiger partial charge in [-0.3, -0.25) is 14.8 Å². The standard InChI is InChI=1S/C15H19F2N3O2/c16-15(17)3-1-11(2-4-15)14(21)20-7-8-22-13(10-20)12-9-18-5-6-19-12/h5-6,9,11,13H,1-4,7-8,10H2/t13-/m1/s1. The number of amides is 1.